The van der Waals surface area contributed by atoms with E-state index in [1.54, 1.807) is 36.4 Å². The molecule has 2 aromatic carbocycles. The van der Waals surface area contributed by atoms with E-state index in [0.717, 1.165) is 4.90 Å². The van der Waals surface area contributed by atoms with Gasteiger partial charge < -0.3 is 16.2 Å². The standard InChI is InChI=1S/C12H12N2OS2/c13-9-3-1-8(6-12(9)17)15-7-2-4-11(16)10(14)5-7/h1-6,16-17H,13-14H2. The van der Waals surface area contributed by atoms with Gasteiger partial charge in [0.25, 0.3) is 0 Å². The molecule has 2 rings (SSSR count). The lowest BCUT2D eigenvalue weighted by Crippen LogP contribution is -1.91. The van der Waals surface area contributed by atoms with Gasteiger partial charge in [-0.2, -0.15) is 0 Å². The van der Waals surface area contributed by atoms with Crippen molar-refractivity contribution in [1.82, 2.24) is 0 Å². The van der Waals surface area contributed by atoms with Crippen molar-refractivity contribution in [3.63, 3.8) is 0 Å². The average molecular weight is 264 g/mol. The largest absolute Gasteiger partial charge is 0.457 e. The number of anilines is 2. The van der Waals surface area contributed by atoms with E-state index in [1.165, 1.54) is 0 Å². The van der Waals surface area contributed by atoms with E-state index in [-0.39, 0.29) is 0 Å². The van der Waals surface area contributed by atoms with Crippen LogP contribution in [-0.2, 0) is 0 Å². The summed E-state index contributed by atoms with van der Waals surface area (Å²) in [7, 11) is 0. The van der Waals surface area contributed by atoms with Crippen LogP contribution in [0.4, 0.5) is 11.4 Å². The summed E-state index contributed by atoms with van der Waals surface area (Å²) in [6, 6.07) is 10.6. The summed E-state index contributed by atoms with van der Waals surface area (Å²) in [6.45, 7) is 0. The Balaban J connectivity index is 2.25. The zero-order chi connectivity index (χ0) is 12.4. The van der Waals surface area contributed by atoms with Crippen molar-refractivity contribution in [3.8, 4) is 11.5 Å². The first kappa shape index (κ1) is 12.0. The monoisotopic (exact) mass is 264 g/mol. The van der Waals surface area contributed by atoms with Crippen molar-refractivity contribution < 1.29 is 4.74 Å². The SMILES string of the molecule is Nc1cc(Oc2ccc(N)c(S)c2)ccc1S. The quantitative estimate of drug-likeness (QED) is 0.497. The number of hydrogen-bond donors (Lipinski definition) is 4. The third-order valence-electron chi connectivity index (χ3n) is 2.24. The minimum atomic E-state index is 0.576. The zero-order valence-corrected chi connectivity index (χ0v) is 10.7. The Morgan fingerprint density at radius 2 is 1.41 bits per heavy atom. The first-order valence-electron chi connectivity index (χ1n) is 4.91. The van der Waals surface area contributed by atoms with Crippen LogP contribution in [0, 0.1) is 0 Å². The van der Waals surface area contributed by atoms with E-state index in [1.807, 2.05) is 0 Å². The molecule has 0 fully saturated rings. The molecule has 0 aliphatic rings. The molecule has 0 heterocycles. The zero-order valence-electron chi connectivity index (χ0n) is 8.92. The van der Waals surface area contributed by atoms with Crippen molar-refractivity contribution in [2.45, 2.75) is 9.79 Å². The number of hydrogen-bond acceptors (Lipinski definition) is 5. The van der Waals surface area contributed by atoms with Crippen LogP contribution in [0.3, 0.4) is 0 Å². The van der Waals surface area contributed by atoms with E-state index in [9.17, 15) is 0 Å². The van der Waals surface area contributed by atoms with E-state index in [0.29, 0.717) is 27.8 Å². The minimum absolute atomic E-state index is 0.576. The second-order valence-corrected chi connectivity index (χ2v) is 4.51. The average Bonchev–Trinajstić information content (AvgIpc) is 2.29. The van der Waals surface area contributed by atoms with Gasteiger partial charge in [0.05, 0.1) is 0 Å². The molecule has 4 N–H and O–H groups in total. The molecule has 17 heavy (non-hydrogen) atoms. The maximum absolute atomic E-state index is 5.74. The van der Waals surface area contributed by atoms with Crippen molar-refractivity contribution in [2.24, 2.45) is 0 Å². The number of nitrogens with two attached hydrogens (primary N) is 2. The lowest BCUT2D eigenvalue weighted by Gasteiger charge is -2.08. The molecule has 88 valence electrons. The Labute approximate surface area is 111 Å². The summed E-state index contributed by atoms with van der Waals surface area (Å²) >= 11 is 8.42. The Morgan fingerprint density at radius 3 is 2.06 bits per heavy atom. The van der Waals surface area contributed by atoms with Crippen LogP contribution < -0.4 is 16.2 Å². The van der Waals surface area contributed by atoms with E-state index < -0.39 is 0 Å². The molecule has 0 aliphatic heterocycles. The Morgan fingerprint density at radius 1 is 0.765 bits per heavy atom. The second-order valence-electron chi connectivity index (χ2n) is 3.54. The van der Waals surface area contributed by atoms with Crippen molar-refractivity contribution >= 4 is 36.6 Å². The molecule has 5 heteroatoms. The molecular weight excluding hydrogens is 252 g/mol. The molecule has 0 saturated carbocycles. The van der Waals surface area contributed by atoms with Gasteiger partial charge in [-0.05, 0) is 30.3 Å². The van der Waals surface area contributed by atoms with E-state index in [4.69, 9.17) is 16.2 Å². The smallest absolute Gasteiger partial charge is 0.129 e. The Kier molecular flexibility index (Phi) is 3.40. The van der Waals surface area contributed by atoms with Crippen LogP contribution in [0.15, 0.2) is 46.2 Å². The van der Waals surface area contributed by atoms with Gasteiger partial charge in [-0.15, -0.1) is 25.3 Å². The van der Waals surface area contributed by atoms with Gasteiger partial charge >= 0.3 is 0 Å². The van der Waals surface area contributed by atoms with E-state index in [2.05, 4.69) is 25.3 Å². The molecule has 0 bridgehead atoms. The van der Waals surface area contributed by atoms with Crippen molar-refractivity contribution in [2.75, 3.05) is 11.5 Å². The highest BCUT2D eigenvalue weighted by Gasteiger charge is 2.02. The normalized spacial score (nSPS) is 10.2. The molecule has 0 atom stereocenters. The number of nitrogen functional groups attached to an aromatic ring is 2. The first-order valence-corrected chi connectivity index (χ1v) is 5.80. The summed E-state index contributed by atoms with van der Waals surface area (Å²) in [5.74, 6) is 1.31. The lowest BCUT2D eigenvalue weighted by atomic mass is 10.3. The van der Waals surface area contributed by atoms with Crippen LogP contribution in [0.5, 0.6) is 11.5 Å². The van der Waals surface area contributed by atoms with Crippen LogP contribution in [0.1, 0.15) is 0 Å². The van der Waals surface area contributed by atoms with Gasteiger partial charge in [-0.1, -0.05) is 0 Å². The third-order valence-corrected chi connectivity index (χ3v) is 3.03. The summed E-state index contributed by atoms with van der Waals surface area (Å²) in [4.78, 5) is 1.41. The second kappa shape index (κ2) is 4.81. The highest BCUT2D eigenvalue weighted by Crippen LogP contribution is 2.29. The van der Waals surface area contributed by atoms with Crippen LogP contribution in [-0.4, -0.2) is 0 Å². The molecule has 0 aliphatic carbocycles. The third kappa shape index (κ3) is 2.81. The first-order chi connectivity index (χ1) is 8.06. The topological polar surface area (TPSA) is 61.3 Å². The summed E-state index contributed by atoms with van der Waals surface area (Å²) in [5.41, 5.74) is 12.6. The summed E-state index contributed by atoms with van der Waals surface area (Å²) in [5, 5.41) is 0. The minimum Gasteiger partial charge on any atom is -0.457 e. The summed E-state index contributed by atoms with van der Waals surface area (Å²) < 4.78 is 5.63. The molecule has 0 unspecified atom stereocenters. The maximum Gasteiger partial charge on any atom is 0.129 e. The maximum atomic E-state index is 5.74. The van der Waals surface area contributed by atoms with E-state index >= 15 is 0 Å². The Hall–Kier alpha value is -1.46. The fourth-order valence-corrected chi connectivity index (χ4v) is 1.66. The molecule has 0 radical (unpaired) electrons. The molecule has 0 spiro atoms. The molecule has 3 nitrogen and oxygen atoms in total. The van der Waals surface area contributed by atoms with Gasteiger partial charge in [-0.25, -0.2) is 0 Å². The fourth-order valence-electron chi connectivity index (χ4n) is 1.32. The van der Waals surface area contributed by atoms with Gasteiger partial charge in [-0.3, -0.25) is 0 Å². The predicted octanol–water partition coefficient (Wildman–Crippen LogP) is 3.22. The molecule has 0 aromatic heterocycles. The van der Waals surface area contributed by atoms with Gasteiger partial charge in [0, 0.05) is 27.2 Å². The van der Waals surface area contributed by atoms with Gasteiger partial charge in [0.1, 0.15) is 11.5 Å². The highest BCUT2D eigenvalue weighted by molar-refractivity contribution is 7.80. The molecule has 0 saturated heterocycles. The van der Waals surface area contributed by atoms with Crippen molar-refractivity contribution in [1.29, 1.82) is 0 Å². The van der Waals surface area contributed by atoms with Crippen LogP contribution >= 0.6 is 25.3 Å². The molecular formula is C12H12N2OS2. The van der Waals surface area contributed by atoms with Crippen LogP contribution in [0.2, 0.25) is 0 Å². The van der Waals surface area contributed by atoms with Crippen molar-refractivity contribution in [3.05, 3.63) is 36.4 Å². The Bertz CT molecular complexity index is 509. The van der Waals surface area contributed by atoms with Gasteiger partial charge in [0.15, 0.2) is 0 Å². The number of thiol groups is 2. The fraction of sp³-hybridized carbons (Fsp3) is 0. The lowest BCUT2D eigenvalue weighted by molar-refractivity contribution is 0.481. The molecule has 2 aromatic rings. The number of benzene rings is 2. The van der Waals surface area contributed by atoms with Gasteiger partial charge in [0.2, 0.25) is 0 Å². The number of ether oxygens (including phenoxy) is 1. The van der Waals surface area contributed by atoms with Crippen LogP contribution in [0.25, 0.3) is 0 Å². The predicted molar refractivity (Wildman–Crippen MR) is 76.3 cm³/mol. The molecule has 0 amide bonds. The highest BCUT2D eigenvalue weighted by atomic mass is 32.1. The number of rotatable bonds is 2. The summed E-state index contributed by atoms with van der Waals surface area (Å²) in [6.07, 6.45) is 0.